The Morgan fingerprint density at radius 3 is 2.43 bits per heavy atom. The number of thiol groups is 1. The number of nitrogens with zero attached hydrogens (tertiary/aromatic N) is 1. The third-order valence-corrected chi connectivity index (χ3v) is 3.26. The molecule has 3 atom stereocenters. The van der Waals surface area contributed by atoms with Crippen LogP contribution in [-0.2, 0) is 9.59 Å². The molecule has 0 aromatic carbocycles. The Kier molecular flexibility index (Phi) is 3.64. The van der Waals surface area contributed by atoms with E-state index in [0.29, 0.717) is 0 Å². The minimum Gasteiger partial charge on any atom is -0.279 e. The molecule has 1 saturated heterocycles. The van der Waals surface area contributed by atoms with E-state index in [0.717, 1.165) is 0 Å². The van der Waals surface area contributed by atoms with Crippen LogP contribution >= 0.6 is 12.6 Å². The zero-order valence-electron chi connectivity index (χ0n) is 8.73. The Bertz CT molecular complexity index is 259. The fourth-order valence-corrected chi connectivity index (χ4v) is 1.86. The molecule has 1 aliphatic heterocycles. The van der Waals surface area contributed by atoms with Crippen molar-refractivity contribution in [1.82, 2.24) is 4.90 Å². The van der Waals surface area contributed by atoms with Gasteiger partial charge in [-0.25, -0.2) is 0 Å². The molecule has 0 aromatic heterocycles. The number of amides is 2. The molecule has 3 nitrogen and oxygen atoms in total. The second-order valence-corrected chi connectivity index (χ2v) is 4.38. The maximum Gasteiger partial charge on any atom is 0.242 e. The average Bonchev–Trinajstić information content (AvgIpc) is 2.39. The van der Waals surface area contributed by atoms with Gasteiger partial charge in [0.25, 0.3) is 0 Å². The van der Waals surface area contributed by atoms with Gasteiger partial charge in [-0.15, -0.1) is 0 Å². The highest BCUT2D eigenvalue weighted by atomic mass is 32.1. The predicted octanol–water partition coefficient (Wildman–Crippen LogP) is 0.993. The molecule has 2 amide bonds. The fourth-order valence-electron chi connectivity index (χ4n) is 1.58. The maximum absolute atomic E-state index is 11.6. The molecular formula is C9H15BNO2S. The summed E-state index contributed by atoms with van der Waals surface area (Å²) in [6.07, 6.45) is 0.239. The van der Waals surface area contributed by atoms with Crippen LogP contribution in [0.2, 0.25) is 12.6 Å². The first-order valence-electron chi connectivity index (χ1n) is 4.82. The molecule has 1 heterocycles. The summed E-state index contributed by atoms with van der Waals surface area (Å²) >= 11 is 4.08. The first-order chi connectivity index (χ1) is 6.49. The van der Waals surface area contributed by atoms with E-state index >= 15 is 0 Å². The monoisotopic (exact) mass is 212 g/mol. The fraction of sp³-hybridized carbons (Fsp3) is 0.778. The van der Waals surface area contributed by atoms with Gasteiger partial charge in [-0.1, -0.05) is 19.6 Å². The summed E-state index contributed by atoms with van der Waals surface area (Å²) in [5, 5.41) is -0.436. The van der Waals surface area contributed by atoms with Crippen LogP contribution in [0.25, 0.3) is 0 Å². The van der Waals surface area contributed by atoms with Crippen LogP contribution in [0.15, 0.2) is 0 Å². The van der Waals surface area contributed by atoms with Gasteiger partial charge < -0.3 is 0 Å². The van der Waals surface area contributed by atoms with Crippen LogP contribution in [0.5, 0.6) is 0 Å². The summed E-state index contributed by atoms with van der Waals surface area (Å²) in [6.45, 7) is 5.83. The van der Waals surface area contributed by atoms with Gasteiger partial charge in [-0.05, 0) is 6.92 Å². The molecule has 0 aliphatic carbocycles. The normalized spacial score (nSPS) is 26.6. The largest absolute Gasteiger partial charge is 0.279 e. The summed E-state index contributed by atoms with van der Waals surface area (Å²) in [5.74, 6) is -0.0303. The summed E-state index contributed by atoms with van der Waals surface area (Å²) < 4.78 is 0. The van der Waals surface area contributed by atoms with E-state index in [-0.39, 0.29) is 30.1 Å². The van der Waals surface area contributed by atoms with Crippen molar-refractivity contribution in [3.8, 4) is 0 Å². The third kappa shape index (κ3) is 1.97. The molecular weight excluding hydrogens is 197 g/mol. The first kappa shape index (κ1) is 11.6. The number of likely N-dealkylation sites (tertiary alicyclic amines) is 1. The minimum absolute atomic E-state index is 0.0582. The lowest BCUT2D eigenvalue weighted by molar-refractivity contribution is -0.140. The summed E-state index contributed by atoms with van der Waals surface area (Å²) in [5.41, 5.74) is 0. The lowest BCUT2D eigenvalue weighted by Crippen LogP contribution is -2.41. The Balaban J connectivity index is 2.77. The number of imide groups is 1. The van der Waals surface area contributed by atoms with Crippen LogP contribution in [0.1, 0.15) is 20.3 Å². The van der Waals surface area contributed by atoms with Gasteiger partial charge in [0.1, 0.15) is 7.28 Å². The van der Waals surface area contributed by atoms with E-state index in [1.807, 2.05) is 28.0 Å². The van der Waals surface area contributed by atoms with Crippen LogP contribution in [0.3, 0.4) is 0 Å². The average molecular weight is 212 g/mol. The smallest absolute Gasteiger partial charge is 0.242 e. The third-order valence-electron chi connectivity index (χ3n) is 2.85. The molecule has 1 aliphatic rings. The highest BCUT2D eigenvalue weighted by molar-refractivity contribution is 7.81. The molecule has 1 rings (SSSR count). The van der Waals surface area contributed by atoms with Crippen molar-refractivity contribution in [2.24, 2.45) is 0 Å². The van der Waals surface area contributed by atoms with Gasteiger partial charge in [0.05, 0.1) is 5.25 Å². The molecule has 3 unspecified atom stereocenters. The van der Waals surface area contributed by atoms with Gasteiger partial charge in [-0.2, -0.15) is 12.6 Å². The van der Waals surface area contributed by atoms with Gasteiger partial charge >= 0.3 is 0 Å². The van der Waals surface area contributed by atoms with Crippen molar-refractivity contribution in [3.63, 3.8) is 0 Å². The molecule has 1 fully saturated rings. The number of hydrogen-bond donors (Lipinski definition) is 1. The van der Waals surface area contributed by atoms with Crippen LogP contribution in [0.4, 0.5) is 0 Å². The van der Waals surface area contributed by atoms with Gasteiger partial charge in [0, 0.05) is 12.5 Å². The molecule has 0 saturated carbocycles. The van der Waals surface area contributed by atoms with E-state index in [2.05, 4.69) is 12.6 Å². The second-order valence-electron chi connectivity index (χ2n) is 3.75. The highest BCUT2D eigenvalue weighted by Gasteiger charge is 2.40. The SMILES string of the molecule is C[B]C(C)C(C)N1C(=O)CC(S)C1=O. The molecule has 0 N–H and O–H groups in total. The summed E-state index contributed by atoms with van der Waals surface area (Å²) in [7, 11) is 2.00. The summed E-state index contributed by atoms with van der Waals surface area (Å²) in [4.78, 5) is 24.4. The standard InChI is InChI=1S/C9H15BNO2S/c1-5(10-3)6(2)11-8(12)4-7(14)9(11)13/h5-7,14H,4H2,1-3H3. The van der Waals surface area contributed by atoms with Crippen LogP contribution in [-0.4, -0.2) is 35.3 Å². The topological polar surface area (TPSA) is 37.4 Å². The first-order valence-corrected chi connectivity index (χ1v) is 5.34. The molecule has 0 spiro atoms. The zero-order chi connectivity index (χ0) is 10.9. The van der Waals surface area contributed by atoms with Gasteiger partial charge in [-0.3, -0.25) is 14.5 Å². The van der Waals surface area contributed by atoms with Crippen LogP contribution in [0, 0.1) is 0 Å². The Hall–Kier alpha value is -0.445. The van der Waals surface area contributed by atoms with Crippen molar-refractivity contribution >= 4 is 31.7 Å². The maximum atomic E-state index is 11.6. The summed E-state index contributed by atoms with van der Waals surface area (Å²) in [6, 6.07) is -0.0582. The molecule has 5 heteroatoms. The number of hydrogen-bond acceptors (Lipinski definition) is 3. The van der Waals surface area contributed by atoms with Crippen molar-refractivity contribution in [2.45, 2.75) is 44.2 Å². The van der Waals surface area contributed by atoms with Crippen molar-refractivity contribution in [2.75, 3.05) is 0 Å². The van der Waals surface area contributed by atoms with E-state index < -0.39 is 5.25 Å². The molecule has 1 radical (unpaired) electrons. The van der Waals surface area contributed by atoms with Crippen LogP contribution < -0.4 is 0 Å². The van der Waals surface area contributed by atoms with Crippen molar-refractivity contribution in [3.05, 3.63) is 0 Å². The van der Waals surface area contributed by atoms with Crippen molar-refractivity contribution in [1.29, 1.82) is 0 Å². The minimum atomic E-state index is -0.436. The molecule has 0 bridgehead atoms. The lowest BCUT2D eigenvalue weighted by atomic mass is 9.64. The molecule has 77 valence electrons. The van der Waals surface area contributed by atoms with E-state index in [1.165, 1.54) is 4.90 Å². The van der Waals surface area contributed by atoms with Gasteiger partial charge in [0.15, 0.2) is 0 Å². The van der Waals surface area contributed by atoms with E-state index in [1.54, 1.807) is 0 Å². The predicted molar refractivity (Wildman–Crippen MR) is 59.7 cm³/mol. The van der Waals surface area contributed by atoms with Gasteiger partial charge in [0.2, 0.25) is 11.8 Å². The van der Waals surface area contributed by atoms with E-state index in [4.69, 9.17) is 0 Å². The Morgan fingerprint density at radius 2 is 2.07 bits per heavy atom. The zero-order valence-corrected chi connectivity index (χ0v) is 9.62. The second kappa shape index (κ2) is 4.38. The van der Waals surface area contributed by atoms with E-state index in [9.17, 15) is 9.59 Å². The van der Waals surface area contributed by atoms with Crippen molar-refractivity contribution < 1.29 is 9.59 Å². The Morgan fingerprint density at radius 1 is 1.50 bits per heavy atom. The number of rotatable bonds is 3. The molecule has 0 aromatic rings. The quantitative estimate of drug-likeness (QED) is 0.430. The number of carbonyl (C=O) groups is 2. The Labute approximate surface area is 90.9 Å². The lowest BCUT2D eigenvalue weighted by Gasteiger charge is -2.27. The highest BCUT2D eigenvalue weighted by Crippen LogP contribution is 2.25. The number of carbonyl (C=O) groups excluding carboxylic acids is 2. The molecule has 14 heavy (non-hydrogen) atoms.